The molecule has 1 atom stereocenters. The van der Waals surface area contributed by atoms with Crippen LogP contribution in [0.3, 0.4) is 0 Å². The van der Waals surface area contributed by atoms with Gasteiger partial charge in [-0.1, -0.05) is 50.0 Å². The maximum absolute atomic E-state index is 13.6. The number of carbonyl (C=O) groups is 1. The van der Waals surface area contributed by atoms with Crippen molar-refractivity contribution in [3.63, 3.8) is 0 Å². The fraction of sp³-hybridized carbons (Fsp3) is 0.704. The van der Waals surface area contributed by atoms with E-state index in [1.54, 1.807) is 18.2 Å². The van der Waals surface area contributed by atoms with Gasteiger partial charge in [-0.3, -0.25) is 9.79 Å². The minimum atomic E-state index is -4.02. The quantitative estimate of drug-likeness (QED) is 0.373. The summed E-state index contributed by atoms with van der Waals surface area (Å²) in [5.41, 5.74) is -1.10. The minimum Gasteiger partial charge on any atom is -0.366 e. The van der Waals surface area contributed by atoms with Crippen LogP contribution in [0.5, 0.6) is 0 Å². The lowest BCUT2D eigenvalue weighted by Crippen LogP contribution is -2.78. The van der Waals surface area contributed by atoms with Gasteiger partial charge in [0.05, 0.1) is 21.3 Å². The predicted molar refractivity (Wildman–Crippen MR) is 151 cm³/mol. The van der Waals surface area contributed by atoms with E-state index in [2.05, 4.69) is 10.6 Å². The van der Waals surface area contributed by atoms with Crippen LogP contribution in [0, 0.1) is 10.8 Å². The molecular formula is C27H38Cl2F2N4O3S. The van der Waals surface area contributed by atoms with Gasteiger partial charge < -0.3 is 10.6 Å². The largest absolute Gasteiger partial charge is 0.366 e. The summed E-state index contributed by atoms with van der Waals surface area (Å²) < 4.78 is 55.5. The number of sulfonamides is 1. The van der Waals surface area contributed by atoms with Crippen LogP contribution in [0.4, 0.5) is 8.78 Å². The lowest BCUT2D eigenvalue weighted by molar-refractivity contribution is -0.151. The van der Waals surface area contributed by atoms with Gasteiger partial charge in [0.25, 0.3) is 0 Å². The van der Waals surface area contributed by atoms with Crippen LogP contribution in [0.25, 0.3) is 0 Å². The van der Waals surface area contributed by atoms with Crippen molar-refractivity contribution in [2.75, 3.05) is 12.3 Å². The Hall–Kier alpha value is -1.49. The molecule has 0 spiro atoms. The Bertz CT molecular complexity index is 1270. The van der Waals surface area contributed by atoms with Gasteiger partial charge in [-0.2, -0.15) is 4.31 Å². The molecule has 39 heavy (non-hydrogen) atoms. The number of amidine groups is 1. The van der Waals surface area contributed by atoms with Crippen molar-refractivity contribution in [3.05, 3.63) is 33.8 Å². The van der Waals surface area contributed by atoms with Crippen LogP contribution in [-0.4, -0.2) is 59.8 Å². The van der Waals surface area contributed by atoms with Gasteiger partial charge in [0, 0.05) is 30.5 Å². The Labute approximate surface area is 240 Å². The second-order valence-electron chi connectivity index (χ2n) is 13.4. The van der Waals surface area contributed by atoms with E-state index in [1.165, 1.54) is 4.31 Å². The second kappa shape index (κ2) is 9.81. The zero-order valence-corrected chi connectivity index (χ0v) is 25.6. The van der Waals surface area contributed by atoms with Gasteiger partial charge in [-0.25, -0.2) is 17.2 Å². The van der Waals surface area contributed by atoms with Crippen molar-refractivity contribution in [3.8, 4) is 0 Å². The SMILES string of the molecule is CC(C)(C)CNC(=O)[C@@H]1N=C(C23CC(N(Cc4ccc(Cl)c(Cl)c4)S(=O)(=O)CCC(C)(F)F)(C2)C3)NC1(C)C. The number of carbonyl (C=O) groups excluding carboxylic acids is 1. The van der Waals surface area contributed by atoms with Gasteiger partial charge in [-0.05, 0) is 63.1 Å². The van der Waals surface area contributed by atoms with Gasteiger partial charge in [-0.15, -0.1) is 0 Å². The molecule has 12 heteroatoms. The third-order valence-corrected chi connectivity index (χ3v) is 10.5. The van der Waals surface area contributed by atoms with Crippen molar-refractivity contribution >= 4 is 45.0 Å². The second-order valence-corrected chi connectivity index (χ2v) is 16.3. The van der Waals surface area contributed by atoms with E-state index in [1.807, 2.05) is 34.6 Å². The molecule has 5 rings (SSSR count). The third kappa shape index (κ3) is 6.23. The number of amides is 1. The summed E-state index contributed by atoms with van der Waals surface area (Å²) in [5, 5.41) is 7.07. The number of halogens is 4. The molecule has 0 unspecified atom stereocenters. The molecule has 1 aromatic rings. The Kier molecular flexibility index (Phi) is 7.66. The molecule has 1 heterocycles. The van der Waals surface area contributed by atoms with Gasteiger partial charge >= 0.3 is 0 Å². The predicted octanol–water partition coefficient (Wildman–Crippen LogP) is 5.40. The molecule has 3 fully saturated rings. The van der Waals surface area contributed by atoms with Crippen LogP contribution >= 0.6 is 23.2 Å². The number of aliphatic imine (C=N–C) groups is 1. The van der Waals surface area contributed by atoms with Crippen LogP contribution < -0.4 is 10.6 Å². The van der Waals surface area contributed by atoms with E-state index in [0.29, 0.717) is 41.4 Å². The summed E-state index contributed by atoms with van der Waals surface area (Å²) in [4.78, 5) is 17.8. The van der Waals surface area contributed by atoms with E-state index in [-0.39, 0.29) is 23.3 Å². The number of alkyl halides is 2. The monoisotopic (exact) mass is 606 g/mol. The van der Waals surface area contributed by atoms with Crippen molar-refractivity contribution in [2.24, 2.45) is 15.8 Å². The van der Waals surface area contributed by atoms with E-state index >= 15 is 0 Å². The number of nitrogens with one attached hydrogen (secondary N) is 2. The Morgan fingerprint density at radius 2 is 1.77 bits per heavy atom. The standard InChI is InChI=1S/C27H38Cl2F2N4O3S/c1-23(2,3)16-32-21(36)20-24(4,5)34-22(33-20)26-13-27(14-26,15-26)35(39(37,38)10-9-25(6,30)31)12-17-7-8-18(28)19(29)11-17/h7-8,11,20H,9-10,12-16H2,1-6H3,(H,32,36)(H,33,34)/t20-,26?,27?/m0/s1. The molecule has 3 saturated carbocycles. The first-order valence-electron chi connectivity index (χ1n) is 13.1. The first-order chi connectivity index (χ1) is 17.7. The lowest BCUT2D eigenvalue weighted by Gasteiger charge is -2.73. The molecule has 4 aliphatic rings. The summed E-state index contributed by atoms with van der Waals surface area (Å²) in [7, 11) is -4.02. The van der Waals surface area contributed by atoms with Crippen LogP contribution in [0.15, 0.2) is 23.2 Å². The molecule has 0 saturated heterocycles. The highest BCUT2D eigenvalue weighted by Crippen LogP contribution is 2.71. The maximum Gasteiger partial charge on any atom is 0.247 e. The first-order valence-corrected chi connectivity index (χ1v) is 15.5. The van der Waals surface area contributed by atoms with Gasteiger partial charge in [0.2, 0.25) is 21.9 Å². The Morgan fingerprint density at radius 1 is 1.15 bits per heavy atom. The Balaban J connectivity index is 1.54. The van der Waals surface area contributed by atoms with Crippen molar-refractivity contribution in [1.82, 2.24) is 14.9 Å². The summed E-state index contributed by atoms with van der Waals surface area (Å²) in [6, 6.07) is 4.28. The van der Waals surface area contributed by atoms with Gasteiger partial charge in [0.1, 0.15) is 5.84 Å². The molecule has 1 aromatic carbocycles. The van der Waals surface area contributed by atoms with Crippen LogP contribution in [0.2, 0.25) is 10.0 Å². The fourth-order valence-corrected chi connectivity index (χ4v) is 8.12. The molecule has 1 amide bonds. The summed E-state index contributed by atoms with van der Waals surface area (Å²) in [6.07, 6.45) is 0.742. The first kappa shape index (κ1) is 30.5. The molecule has 218 valence electrons. The third-order valence-electron chi connectivity index (χ3n) is 7.90. The number of rotatable bonds is 10. The smallest absolute Gasteiger partial charge is 0.247 e. The number of hydrogen-bond acceptors (Lipinski definition) is 5. The highest BCUT2D eigenvalue weighted by atomic mass is 35.5. The highest BCUT2D eigenvalue weighted by molar-refractivity contribution is 7.89. The van der Waals surface area contributed by atoms with Crippen LogP contribution in [0.1, 0.15) is 72.8 Å². The fourth-order valence-electron chi connectivity index (χ4n) is 5.83. The van der Waals surface area contributed by atoms with E-state index in [4.69, 9.17) is 28.2 Å². The number of hydrogen-bond donors (Lipinski definition) is 2. The van der Waals surface area contributed by atoms with E-state index < -0.39 is 45.2 Å². The maximum atomic E-state index is 13.6. The molecule has 0 radical (unpaired) electrons. The zero-order chi connectivity index (χ0) is 29.2. The molecule has 2 bridgehead atoms. The highest BCUT2D eigenvalue weighted by Gasteiger charge is 2.75. The number of benzene rings is 1. The molecule has 1 aliphatic heterocycles. The average Bonchev–Trinajstić information content (AvgIpc) is 3.04. The van der Waals surface area contributed by atoms with Crippen molar-refractivity contribution in [2.45, 2.75) is 96.8 Å². The molecule has 2 N–H and O–H groups in total. The van der Waals surface area contributed by atoms with Crippen molar-refractivity contribution in [1.29, 1.82) is 0 Å². The average molecular weight is 608 g/mol. The summed E-state index contributed by atoms with van der Waals surface area (Å²) in [6.45, 7) is 11.2. The Morgan fingerprint density at radius 3 is 2.31 bits per heavy atom. The number of nitrogens with zero attached hydrogens (tertiary/aromatic N) is 2. The van der Waals surface area contributed by atoms with Gasteiger partial charge in [0.15, 0.2) is 6.04 Å². The zero-order valence-electron chi connectivity index (χ0n) is 23.3. The van der Waals surface area contributed by atoms with Crippen molar-refractivity contribution < 1.29 is 22.0 Å². The summed E-state index contributed by atoms with van der Waals surface area (Å²) in [5.74, 6) is -3.19. The summed E-state index contributed by atoms with van der Waals surface area (Å²) >= 11 is 12.2. The minimum absolute atomic E-state index is 0.00776. The normalized spacial score (nSPS) is 27.9. The topological polar surface area (TPSA) is 90.9 Å². The van der Waals surface area contributed by atoms with E-state index in [9.17, 15) is 22.0 Å². The van der Waals surface area contributed by atoms with Crippen LogP contribution in [-0.2, 0) is 21.4 Å². The van der Waals surface area contributed by atoms with E-state index in [0.717, 1.165) is 12.8 Å². The molecule has 3 aliphatic carbocycles. The lowest BCUT2D eigenvalue weighted by atomic mass is 9.38. The molecular weight excluding hydrogens is 569 g/mol. The molecule has 0 aromatic heterocycles. The molecule has 7 nitrogen and oxygen atoms in total.